The molecule has 0 aliphatic carbocycles. The first-order valence-corrected chi connectivity index (χ1v) is 8.97. The Hall–Kier alpha value is -0.123. The molecule has 0 rings (SSSR count). The van der Waals surface area contributed by atoms with Gasteiger partial charge in [0.15, 0.2) is 8.32 Å². The molecule has 16 heavy (non-hydrogen) atoms. The van der Waals surface area contributed by atoms with E-state index in [9.17, 15) is 5.11 Å². The fraction of sp³-hybridized carbons (Fsp3) is 0.846. The van der Waals surface area contributed by atoms with Crippen LogP contribution in [0.3, 0.4) is 0 Å². The van der Waals surface area contributed by atoms with E-state index in [0.717, 1.165) is 0 Å². The van der Waals surface area contributed by atoms with Crippen LogP contribution in [0.5, 0.6) is 0 Å². The molecule has 2 nitrogen and oxygen atoms in total. The van der Waals surface area contributed by atoms with Crippen molar-refractivity contribution in [2.75, 3.05) is 0 Å². The Kier molecular flexibility index (Phi) is 5.94. The monoisotopic (exact) mass is 244 g/mol. The zero-order valence-corrected chi connectivity index (χ0v) is 12.7. The smallest absolute Gasteiger partial charge is 0.192 e. The fourth-order valence-electron chi connectivity index (χ4n) is 1.40. The Morgan fingerprint density at radius 1 is 1.38 bits per heavy atom. The highest BCUT2D eigenvalue weighted by molar-refractivity contribution is 6.74. The Labute approximate surface area is 102 Å². The van der Waals surface area contributed by atoms with Crippen molar-refractivity contribution < 1.29 is 9.53 Å². The summed E-state index contributed by atoms with van der Waals surface area (Å²) in [6.07, 6.45) is 2.89. The van der Waals surface area contributed by atoms with Crippen LogP contribution in [0.4, 0.5) is 0 Å². The summed E-state index contributed by atoms with van der Waals surface area (Å²) in [6.45, 7) is 16.8. The lowest BCUT2D eigenvalue weighted by molar-refractivity contribution is 0.0974. The van der Waals surface area contributed by atoms with E-state index in [1.807, 2.05) is 6.92 Å². The van der Waals surface area contributed by atoms with E-state index in [-0.39, 0.29) is 17.2 Å². The predicted octanol–water partition coefficient (Wildman–Crippen LogP) is 3.72. The summed E-state index contributed by atoms with van der Waals surface area (Å²) in [5.74, 6) is 0. The van der Waals surface area contributed by atoms with Crippen molar-refractivity contribution in [1.82, 2.24) is 0 Å². The van der Waals surface area contributed by atoms with E-state index in [2.05, 4.69) is 40.4 Å². The zero-order chi connectivity index (χ0) is 13.0. The third-order valence-corrected chi connectivity index (χ3v) is 7.95. The number of aliphatic hydroxyl groups is 1. The van der Waals surface area contributed by atoms with Crippen molar-refractivity contribution in [1.29, 1.82) is 0 Å². The van der Waals surface area contributed by atoms with Crippen LogP contribution in [-0.4, -0.2) is 25.6 Å². The summed E-state index contributed by atoms with van der Waals surface area (Å²) in [6, 6.07) is 0. The van der Waals surface area contributed by atoms with Crippen LogP contribution in [0.15, 0.2) is 12.7 Å². The molecule has 0 aromatic carbocycles. The Bertz CT molecular complexity index is 218. The molecule has 1 N–H and O–H groups in total. The summed E-state index contributed by atoms with van der Waals surface area (Å²) >= 11 is 0. The predicted molar refractivity (Wildman–Crippen MR) is 73.2 cm³/mol. The maximum absolute atomic E-state index is 9.68. The minimum atomic E-state index is -1.69. The molecule has 0 heterocycles. The highest BCUT2D eigenvalue weighted by atomic mass is 28.4. The Balaban J connectivity index is 4.23. The standard InChI is InChI=1S/C13H28O2Si/c1-8-9-12(14)10-11(2)15-16(6,7)13(3,4)5/h8,11-12,14H,1,9-10H2,2-7H3/t11-,12-/m0/s1. The third kappa shape index (κ3) is 5.28. The maximum Gasteiger partial charge on any atom is 0.192 e. The molecule has 0 aromatic rings. The number of hydrogen-bond donors (Lipinski definition) is 1. The molecule has 0 spiro atoms. The first kappa shape index (κ1) is 15.9. The molecule has 96 valence electrons. The second kappa shape index (κ2) is 5.99. The molecule has 0 fully saturated rings. The molecule has 2 atom stereocenters. The van der Waals surface area contributed by atoms with E-state index in [0.29, 0.717) is 12.8 Å². The van der Waals surface area contributed by atoms with Gasteiger partial charge < -0.3 is 9.53 Å². The van der Waals surface area contributed by atoms with Crippen LogP contribution in [0.1, 0.15) is 40.5 Å². The average Bonchev–Trinajstić information content (AvgIpc) is 1.99. The second-order valence-corrected chi connectivity index (χ2v) is 10.9. The summed E-state index contributed by atoms with van der Waals surface area (Å²) in [5, 5.41) is 9.91. The fourth-order valence-corrected chi connectivity index (χ4v) is 2.86. The van der Waals surface area contributed by atoms with Gasteiger partial charge in [-0.25, -0.2) is 0 Å². The molecule has 0 aliphatic heterocycles. The summed E-state index contributed by atoms with van der Waals surface area (Å²) < 4.78 is 6.16. The van der Waals surface area contributed by atoms with Gasteiger partial charge in [0.1, 0.15) is 0 Å². The van der Waals surface area contributed by atoms with Crippen molar-refractivity contribution in [3.63, 3.8) is 0 Å². The number of rotatable bonds is 6. The summed E-state index contributed by atoms with van der Waals surface area (Å²) in [4.78, 5) is 0. The quantitative estimate of drug-likeness (QED) is 0.570. The molecule has 3 heteroatoms. The Morgan fingerprint density at radius 2 is 1.88 bits per heavy atom. The highest BCUT2D eigenvalue weighted by Gasteiger charge is 2.38. The van der Waals surface area contributed by atoms with Crippen LogP contribution in [0.2, 0.25) is 18.1 Å². The number of aliphatic hydroxyl groups excluding tert-OH is 1. The SMILES string of the molecule is C=CC[C@H](O)C[C@H](C)O[Si](C)(C)C(C)(C)C. The number of hydrogen-bond acceptors (Lipinski definition) is 2. The van der Waals surface area contributed by atoms with E-state index in [1.165, 1.54) is 0 Å². The van der Waals surface area contributed by atoms with Gasteiger partial charge in [0.2, 0.25) is 0 Å². The third-order valence-electron chi connectivity index (χ3n) is 3.34. The van der Waals surface area contributed by atoms with E-state index in [1.54, 1.807) is 6.08 Å². The van der Waals surface area contributed by atoms with Crippen LogP contribution < -0.4 is 0 Å². The second-order valence-electron chi connectivity index (χ2n) is 6.10. The van der Waals surface area contributed by atoms with Gasteiger partial charge in [-0.3, -0.25) is 0 Å². The maximum atomic E-state index is 9.68. The van der Waals surface area contributed by atoms with Gasteiger partial charge in [-0.2, -0.15) is 0 Å². The molecule has 0 amide bonds. The first-order valence-electron chi connectivity index (χ1n) is 6.07. The van der Waals surface area contributed by atoms with Gasteiger partial charge in [0.25, 0.3) is 0 Å². The molecule has 0 aliphatic rings. The van der Waals surface area contributed by atoms with Crippen molar-refractivity contribution in [3.05, 3.63) is 12.7 Å². The molecule has 0 saturated heterocycles. The molecule has 0 radical (unpaired) electrons. The minimum absolute atomic E-state index is 0.121. The minimum Gasteiger partial charge on any atom is -0.414 e. The van der Waals surface area contributed by atoms with E-state index >= 15 is 0 Å². The van der Waals surface area contributed by atoms with Gasteiger partial charge in [-0.15, -0.1) is 6.58 Å². The van der Waals surface area contributed by atoms with Crippen LogP contribution in [0.25, 0.3) is 0 Å². The van der Waals surface area contributed by atoms with E-state index < -0.39 is 8.32 Å². The van der Waals surface area contributed by atoms with Gasteiger partial charge in [0, 0.05) is 6.10 Å². The molecule has 0 saturated carbocycles. The summed E-state index contributed by atoms with van der Waals surface area (Å²) in [5.41, 5.74) is 0. The molecule has 0 aromatic heterocycles. The lowest BCUT2D eigenvalue weighted by atomic mass is 10.1. The van der Waals surface area contributed by atoms with Crippen LogP contribution in [-0.2, 0) is 4.43 Å². The average molecular weight is 244 g/mol. The first-order chi connectivity index (χ1) is 7.10. The van der Waals surface area contributed by atoms with E-state index in [4.69, 9.17) is 4.43 Å². The summed E-state index contributed by atoms with van der Waals surface area (Å²) in [7, 11) is -1.69. The highest BCUT2D eigenvalue weighted by Crippen LogP contribution is 2.37. The van der Waals surface area contributed by atoms with Crippen molar-refractivity contribution in [2.24, 2.45) is 0 Å². The Morgan fingerprint density at radius 3 is 2.25 bits per heavy atom. The topological polar surface area (TPSA) is 29.5 Å². The van der Waals surface area contributed by atoms with Crippen molar-refractivity contribution in [3.8, 4) is 0 Å². The van der Waals surface area contributed by atoms with Crippen molar-refractivity contribution >= 4 is 8.32 Å². The largest absolute Gasteiger partial charge is 0.414 e. The lowest BCUT2D eigenvalue weighted by Gasteiger charge is -2.38. The molecule has 0 bridgehead atoms. The van der Waals surface area contributed by atoms with Gasteiger partial charge in [-0.05, 0) is 37.9 Å². The van der Waals surface area contributed by atoms with Gasteiger partial charge >= 0.3 is 0 Å². The zero-order valence-electron chi connectivity index (χ0n) is 11.7. The van der Waals surface area contributed by atoms with Gasteiger partial charge in [-0.1, -0.05) is 26.8 Å². The van der Waals surface area contributed by atoms with Crippen LogP contribution in [0, 0.1) is 0 Å². The van der Waals surface area contributed by atoms with Crippen LogP contribution >= 0.6 is 0 Å². The van der Waals surface area contributed by atoms with Gasteiger partial charge in [0.05, 0.1) is 6.10 Å². The normalized spacial score (nSPS) is 16.9. The lowest BCUT2D eigenvalue weighted by Crippen LogP contribution is -2.43. The molecular weight excluding hydrogens is 216 g/mol. The molecular formula is C13H28O2Si. The van der Waals surface area contributed by atoms with Crippen molar-refractivity contribution in [2.45, 2.75) is 70.9 Å². The molecule has 0 unspecified atom stereocenters.